The van der Waals surface area contributed by atoms with E-state index in [1.54, 1.807) is 14.0 Å². The van der Waals surface area contributed by atoms with E-state index in [4.69, 9.17) is 4.74 Å². The summed E-state index contributed by atoms with van der Waals surface area (Å²) < 4.78 is 5.43. The minimum atomic E-state index is -0.473. The van der Waals surface area contributed by atoms with Gasteiger partial charge >= 0.3 is 0 Å². The highest BCUT2D eigenvalue weighted by Crippen LogP contribution is 2.26. The second-order valence-electron chi connectivity index (χ2n) is 5.44. The summed E-state index contributed by atoms with van der Waals surface area (Å²) in [6.07, 6.45) is -0.473. The number of aliphatic hydroxyl groups excluding tert-OH is 1. The fraction of sp³-hybridized carbons (Fsp3) is 0.333. The SMILES string of the molecule is COc1ccc(C(C)O)cc1CN(C)c1cccc(C)c1. The van der Waals surface area contributed by atoms with Gasteiger partial charge in [0, 0.05) is 24.8 Å². The van der Waals surface area contributed by atoms with Crippen LogP contribution in [0.2, 0.25) is 0 Å². The molecule has 3 heteroatoms. The Kier molecular flexibility index (Phi) is 4.86. The van der Waals surface area contributed by atoms with Crippen LogP contribution in [-0.4, -0.2) is 19.3 Å². The summed E-state index contributed by atoms with van der Waals surface area (Å²) in [4.78, 5) is 2.18. The molecule has 0 radical (unpaired) electrons. The Hall–Kier alpha value is -2.00. The number of hydrogen-bond acceptors (Lipinski definition) is 3. The van der Waals surface area contributed by atoms with Crippen molar-refractivity contribution in [3.63, 3.8) is 0 Å². The monoisotopic (exact) mass is 285 g/mol. The number of ether oxygens (including phenoxy) is 1. The first-order chi connectivity index (χ1) is 10.0. The molecule has 0 saturated heterocycles. The zero-order valence-corrected chi connectivity index (χ0v) is 13.1. The van der Waals surface area contributed by atoms with Gasteiger partial charge in [-0.2, -0.15) is 0 Å². The Bertz CT molecular complexity index is 608. The van der Waals surface area contributed by atoms with Crippen LogP contribution in [0.15, 0.2) is 42.5 Å². The van der Waals surface area contributed by atoms with Gasteiger partial charge in [-0.05, 0) is 49.2 Å². The lowest BCUT2D eigenvalue weighted by Crippen LogP contribution is -2.17. The lowest BCUT2D eigenvalue weighted by molar-refractivity contribution is 0.199. The van der Waals surface area contributed by atoms with Crippen molar-refractivity contribution in [1.82, 2.24) is 0 Å². The molecule has 0 amide bonds. The molecule has 0 aliphatic heterocycles. The van der Waals surface area contributed by atoms with E-state index in [1.807, 2.05) is 18.2 Å². The van der Waals surface area contributed by atoms with Crippen LogP contribution in [0.1, 0.15) is 29.7 Å². The maximum Gasteiger partial charge on any atom is 0.123 e. The zero-order valence-electron chi connectivity index (χ0n) is 13.1. The second kappa shape index (κ2) is 6.64. The topological polar surface area (TPSA) is 32.7 Å². The van der Waals surface area contributed by atoms with Gasteiger partial charge in [-0.25, -0.2) is 0 Å². The molecule has 0 heterocycles. The lowest BCUT2D eigenvalue weighted by atomic mass is 10.1. The summed E-state index contributed by atoms with van der Waals surface area (Å²) in [6.45, 7) is 4.59. The molecule has 1 N–H and O–H groups in total. The maximum absolute atomic E-state index is 9.74. The molecular weight excluding hydrogens is 262 g/mol. The van der Waals surface area contributed by atoms with Crippen LogP contribution in [-0.2, 0) is 6.54 Å². The Balaban J connectivity index is 2.27. The van der Waals surface area contributed by atoms with Crippen molar-refractivity contribution in [1.29, 1.82) is 0 Å². The predicted octanol–water partition coefficient (Wildman–Crippen LogP) is 3.69. The fourth-order valence-electron chi connectivity index (χ4n) is 2.39. The highest BCUT2D eigenvalue weighted by atomic mass is 16.5. The van der Waals surface area contributed by atoms with Crippen LogP contribution in [0, 0.1) is 6.92 Å². The molecule has 1 unspecified atom stereocenters. The van der Waals surface area contributed by atoms with Crippen molar-refractivity contribution >= 4 is 5.69 Å². The number of aryl methyl sites for hydroxylation is 1. The highest BCUT2D eigenvalue weighted by molar-refractivity contribution is 5.49. The van der Waals surface area contributed by atoms with Crippen molar-refractivity contribution in [3.05, 3.63) is 59.2 Å². The third-order valence-corrected chi connectivity index (χ3v) is 3.64. The van der Waals surface area contributed by atoms with E-state index >= 15 is 0 Å². The molecule has 2 aromatic rings. The van der Waals surface area contributed by atoms with Crippen LogP contribution in [0.4, 0.5) is 5.69 Å². The number of benzene rings is 2. The first kappa shape index (κ1) is 15.4. The van der Waals surface area contributed by atoms with Crippen molar-refractivity contribution in [2.75, 3.05) is 19.1 Å². The molecule has 0 bridgehead atoms. The number of aliphatic hydroxyl groups is 1. The molecule has 2 aromatic carbocycles. The quantitative estimate of drug-likeness (QED) is 0.909. The zero-order chi connectivity index (χ0) is 15.4. The van der Waals surface area contributed by atoms with E-state index in [1.165, 1.54) is 11.3 Å². The third kappa shape index (κ3) is 3.76. The number of anilines is 1. The molecule has 0 aliphatic rings. The van der Waals surface area contributed by atoms with Crippen LogP contribution in [0.5, 0.6) is 5.75 Å². The summed E-state index contributed by atoms with van der Waals surface area (Å²) in [6, 6.07) is 14.2. The molecule has 3 nitrogen and oxygen atoms in total. The third-order valence-electron chi connectivity index (χ3n) is 3.64. The second-order valence-corrected chi connectivity index (χ2v) is 5.44. The van der Waals surface area contributed by atoms with Gasteiger partial charge in [0.15, 0.2) is 0 Å². The van der Waals surface area contributed by atoms with E-state index in [0.29, 0.717) is 0 Å². The Morgan fingerprint density at radius 2 is 1.95 bits per heavy atom. The molecule has 0 saturated carbocycles. The number of methoxy groups -OCH3 is 1. The number of rotatable bonds is 5. The standard InChI is InChI=1S/C18H23NO2/c1-13-6-5-7-17(10-13)19(3)12-16-11-15(14(2)20)8-9-18(16)21-4/h5-11,14,20H,12H2,1-4H3. The minimum Gasteiger partial charge on any atom is -0.496 e. The van der Waals surface area contributed by atoms with E-state index in [0.717, 1.165) is 23.4 Å². The van der Waals surface area contributed by atoms with Crippen molar-refractivity contribution in [2.45, 2.75) is 26.5 Å². The first-order valence-corrected chi connectivity index (χ1v) is 7.14. The van der Waals surface area contributed by atoms with E-state index in [2.05, 4.69) is 43.1 Å². The Morgan fingerprint density at radius 3 is 2.57 bits per heavy atom. The summed E-state index contributed by atoms with van der Waals surface area (Å²) in [7, 11) is 3.73. The van der Waals surface area contributed by atoms with Crippen LogP contribution in [0.25, 0.3) is 0 Å². The van der Waals surface area contributed by atoms with Gasteiger partial charge in [0.1, 0.15) is 5.75 Å². The largest absolute Gasteiger partial charge is 0.496 e. The maximum atomic E-state index is 9.74. The molecule has 1 atom stereocenters. The summed E-state index contributed by atoms with van der Waals surface area (Å²) in [5.41, 5.74) is 4.38. The van der Waals surface area contributed by atoms with Crippen molar-refractivity contribution in [2.24, 2.45) is 0 Å². The van der Waals surface area contributed by atoms with E-state index in [9.17, 15) is 5.11 Å². The molecule has 112 valence electrons. The number of nitrogens with zero attached hydrogens (tertiary/aromatic N) is 1. The molecular formula is C18H23NO2. The van der Waals surface area contributed by atoms with Crippen LogP contribution in [0.3, 0.4) is 0 Å². The summed E-state index contributed by atoms with van der Waals surface area (Å²) >= 11 is 0. The smallest absolute Gasteiger partial charge is 0.123 e. The molecule has 0 aromatic heterocycles. The number of hydrogen-bond donors (Lipinski definition) is 1. The normalized spacial score (nSPS) is 12.0. The van der Waals surface area contributed by atoms with Gasteiger partial charge in [-0.1, -0.05) is 18.2 Å². The van der Waals surface area contributed by atoms with Gasteiger partial charge < -0.3 is 14.7 Å². The Labute approximate surface area is 126 Å². The van der Waals surface area contributed by atoms with Gasteiger partial charge in [-0.3, -0.25) is 0 Å². The molecule has 2 rings (SSSR count). The van der Waals surface area contributed by atoms with Gasteiger partial charge in [0.05, 0.1) is 13.2 Å². The molecule has 0 aliphatic carbocycles. The first-order valence-electron chi connectivity index (χ1n) is 7.14. The average Bonchev–Trinajstić information content (AvgIpc) is 2.47. The van der Waals surface area contributed by atoms with Crippen LogP contribution >= 0.6 is 0 Å². The van der Waals surface area contributed by atoms with Gasteiger partial charge in [-0.15, -0.1) is 0 Å². The molecule has 0 spiro atoms. The minimum absolute atomic E-state index is 0.473. The van der Waals surface area contributed by atoms with Gasteiger partial charge in [0.2, 0.25) is 0 Å². The van der Waals surface area contributed by atoms with E-state index < -0.39 is 6.10 Å². The van der Waals surface area contributed by atoms with Crippen LogP contribution < -0.4 is 9.64 Å². The van der Waals surface area contributed by atoms with Crippen molar-refractivity contribution < 1.29 is 9.84 Å². The van der Waals surface area contributed by atoms with Gasteiger partial charge in [0.25, 0.3) is 0 Å². The highest BCUT2D eigenvalue weighted by Gasteiger charge is 2.10. The van der Waals surface area contributed by atoms with E-state index in [-0.39, 0.29) is 0 Å². The Morgan fingerprint density at radius 1 is 1.19 bits per heavy atom. The predicted molar refractivity (Wildman–Crippen MR) is 86.9 cm³/mol. The molecule has 21 heavy (non-hydrogen) atoms. The molecule has 0 fully saturated rings. The fourth-order valence-corrected chi connectivity index (χ4v) is 2.39. The van der Waals surface area contributed by atoms with Crippen molar-refractivity contribution in [3.8, 4) is 5.75 Å². The summed E-state index contributed by atoms with van der Waals surface area (Å²) in [5.74, 6) is 0.846. The average molecular weight is 285 g/mol. The lowest BCUT2D eigenvalue weighted by Gasteiger charge is -2.22. The summed E-state index contributed by atoms with van der Waals surface area (Å²) in [5, 5.41) is 9.74.